The molecule has 0 aliphatic heterocycles. The van der Waals surface area contributed by atoms with E-state index in [4.69, 9.17) is 0 Å². The summed E-state index contributed by atoms with van der Waals surface area (Å²) in [6, 6.07) is 0. The molecular formula is C8H16Sn. The quantitative estimate of drug-likeness (QED) is 0.517. The predicted molar refractivity (Wildman–Crippen MR) is 47.5 cm³/mol. The van der Waals surface area contributed by atoms with Gasteiger partial charge in [0.05, 0.1) is 0 Å². The molecule has 0 aromatic heterocycles. The van der Waals surface area contributed by atoms with E-state index >= 15 is 0 Å². The summed E-state index contributed by atoms with van der Waals surface area (Å²) in [5.41, 5.74) is 0. The first-order valence-electron chi connectivity index (χ1n) is 3.34. The van der Waals surface area contributed by atoms with Crippen LogP contribution in [0.5, 0.6) is 0 Å². The fraction of sp³-hybridized carbons (Fsp3) is 0.500. The van der Waals surface area contributed by atoms with E-state index < -0.39 is 18.4 Å². The second-order valence-electron chi connectivity index (χ2n) is 3.43. The zero-order valence-electron chi connectivity index (χ0n) is 6.65. The second kappa shape index (κ2) is 4.15. The molecule has 0 bridgehead atoms. The van der Waals surface area contributed by atoms with Crippen LogP contribution >= 0.6 is 0 Å². The van der Waals surface area contributed by atoms with E-state index in [-0.39, 0.29) is 0 Å². The summed E-state index contributed by atoms with van der Waals surface area (Å²) in [6.07, 6.45) is 6.13. The molecule has 0 amide bonds. The zero-order valence-corrected chi connectivity index (χ0v) is 9.50. The SMILES string of the molecule is C=C/C=C/[CH2][Sn]([CH3])([CH3])[CH3]. The summed E-state index contributed by atoms with van der Waals surface area (Å²) in [5.74, 6) is 0. The molecule has 9 heavy (non-hydrogen) atoms. The van der Waals surface area contributed by atoms with Crippen molar-refractivity contribution < 1.29 is 0 Å². The molecular weight excluding hydrogens is 215 g/mol. The maximum atomic E-state index is 3.62. The third-order valence-electron chi connectivity index (χ3n) is 1.00. The molecule has 0 fully saturated rings. The van der Waals surface area contributed by atoms with Crippen LogP contribution in [0.1, 0.15) is 0 Å². The number of rotatable bonds is 3. The van der Waals surface area contributed by atoms with Crippen LogP contribution < -0.4 is 0 Å². The third kappa shape index (κ3) is 8.28. The van der Waals surface area contributed by atoms with Gasteiger partial charge in [0.2, 0.25) is 0 Å². The van der Waals surface area contributed by atoms with Crippen LogP contribution in [0.25, 0.3) is 0 Å². The molecule has 0 aromatic carbocycles. The van der Waals surface area contributed by atoms with Gasteiger partial charge < -0.3 is 0 Å². The Balaban J connectivity index is 3.50. The van der Waals surface area contributed by atoms with Crippen molar-refractivity contribution in [1.82, 2.24) is 0 Å². The van der Waals surface area contributed by atoms with Gasteiger partial charge in [-0.2, -0.15) is 0 Å². The van der Waals surface area contributed by atoms with Crippen molar-refractivity contribution in [3.05, 3.63) is 24.8 Å². The van der Waals surface area contributed by atoms with Crippen molar-refractivity contribution in [1.29, 1.82) is 0 Å². The minimum absolute atomic E-state index is 1.33. The van der Waals surface area contributed by atoms with E-state index in [0.717, 1.165) is 0 Å². The van der Waals surface area contributed by atoms with Crippen LogP contribution in [0.2, 0.25) is 19.3 Å². The van der Waals surface area contributed by atoms with E-state index in [9.17, 15) is 0 Å². The average molecular weight is 231 g/mol. The summed E-state index contributed by atoms with van der Waals surface area (Å²) in [4.78, 5) is 7.30. The molecule has 0 nitrogen and oxygen atoms in total. The first-order valence-corrected chi connectivity index (χ1v) is 13.9. The zero-order chi connectivity index (χ0) is 7.33. The van der Waals surface area contributed by atoms with Gasteiger partial charge in [-0.3, -0.25) is 0 Å². The minimum atomic E-state index is -1.47. The Morgan fingerprint density at radius 2 is 1.89 bits per heavy atom. The summed E-state index contributed by atoms with van der Waals surface area (Å²) in [5, 5.41) is 0. The number of hydrogen-bond donors (Lipinski definition) is 0. The number of hydrogen-bond acceptors (Lipinski definition) is 0. The molecule has 0 radical (unpaired) electrons. The molecule has 0 aromatic rings. The van der Waals surface area contributed by atoms with Crippen molar-refractivity contribution in [2.75, 3.05) is 0 Å². The summed E-state index contributed by atoms with van der Waals surface area (Å²) < 4.78 is 1.33. The Kier molecular flexibility index (Phi) is 4.28. The van der Waals surface area contributed by atoms with Gasteiger partial charge in [0.15, 0.2) is 0 Å². The van der Waals surface area contributed by atoms with E-state index in [1.165, 1.54) is 4.44 Å². The molecule has 0 spiro atoms. The van der Waals surface area contributed by atoms with Crippen molar-refractivity contribution in [2.24, 2.45) is 0 Å². The molecule has 1 heteroatoms. The van der Waals surface area contributed by atoms with Crippen LogP contribution in [0.3, 0.4) is 0 Å². The molecule has 0 atom stereocenters. The molecule has 0 aliphatic carbocycles. The first kappa shape index (κ1) is 9.28. The molecule has 0 aliphatic rings. The van der Waals surface area contributed by atoms with Gasteiger partial charge in [0, 0.05) is 0 Å². The Bertz CT molecular complexity index is 106. The van der Waals surface area contributed by atoms with Gasteiger partial charge in [-0.25, -0.2) is 0 Å². The summed E-state index contributed by atoms with van der Waals surface area (Å²) >= 11 is -1.47. The Morgan fingerprint density at radius 1 is 1.33 bits per heavy atom. The van der Waals surface area contributed by atoms with Crippen molar-refractivity contribution in [3.63, 3.8) is 0 Å². The normalized spacial score (nSPS) is 12.3. The molecule has 0 N–H and O–H groups in total. The molecule has 0 heterocycles. The predicted octanol–water partition coefficient (Wildman–Crippen LogP) is 3.07. The Hall–Kier alpha value is 0.279. The van der Waals surface area contributed by atoms with Gasteiger partial charge in [0.1, 0.15) is 0 Å². The standard InChI is InChI=1S/C5H7.3CH3.Sn/c1-3-5-4-2;;;;/h3-5H,1-2H2;3*1H3;/b5-3+;;;;. The Labute approximate surface area is 62.5 Å². The van der Waals surface area contributed by atoms with Crippen LogP contribution in [-0.2, 0) is 0 Å². The van der Waals surface area contributed by atoms with Gasteiger partial charge >= 0.3 is 62.4 Å². The van der Waals surface area contributed by atoms with Gasteiger partial charge in [-0.1, -0.05) is 0 Å². The fourth-order valence-corrected chi connectivity index (χ4v) is 2.92. The van der Waals surface area contributed by atoms with Crippen molar-refractivity contribution >= 4 is 18.4 Å². The summed E-state index contributed by atoms with van der Waals surface area (Å²) in [6.45, 7) is 3.62. The molecule has 0 unspecified atom stereocenters. The molecule has 0 saturated carbocycles. The van der Waals surface area contributed by atoms with E-state index in [2.05, 4.69) is 27.5 Å². The van der Waals surface area contributed by atoms with Crippen LogP contribution in [0, 0.1) is 0 Å². The van der Waals surface area contributed by atoms with Crippen LogP contribution in [0.4, 0.5) is 0 Å². The maximum absolute atomic E-state index is 3.62. The summed E-state index contributed by atoms with van der Waals surface area (Å²) in [7, 11) is 0. The fourth-order valence-electron chi connectivity index (χ4n) is 0.518. The molecule has 0 saturated heterocycles. The second-order valence-corrected chi connectivity index (χ2v) is 19.2. The topological polar surface area (TPSA) is 0 Å². The number of allylic oxidation sites excluding steroid dienone is 3. The first-order chi connectivity index (χ1) is 4.06. The van der Waals surface area contributed by atoms with E-state index in [1.807, 2.05) is 12.2 Å². The molecule has 0 rings (SSSR count). The van der Waals surface area contributed by atoms with Gasteiger partial charge in [-0.15, -0.1) is 0 Å². The average Bonchev–Trinajstić information content (AvgIpc) is 1.63. The third-order valence-corrected chi connectivity index (χ3v) is 5.17. The molecule has 52 valence electrons. The van der Waals surface area contributed by atoms with Crippen LogP contribution in [0.15, 0.2) is 24.8 Å². The van der Waals surface area contributed by atoms with Gasteiger partial charge in [0.25, 0.3) is 0 Å². The van der Waals surface area contributed by atoms with Crippen molar-refractivity contribution in [3.8, 4) is 0 Å². The Morgan fingerprint density at radius 3 is 2.22 bits per heavy atom. The van der Waals surface area contributed by atoms with E-state index in [0.29, 0.717) is 0 Å². The van der Waals surface area contributed by atoms with Gasteiger partial charge in [-0.05, 0) is 0 Å². The monoisotopic (exact) mass is 232 g/mol. The van der Waals surface area contributed by atoms with E-state index in [1.54, 1.807) is 0 Å². The van der Waals surface area contributed by atoms with Crippen LogP contribution in [-0.4, -0.2) is 18.4 Å². The van der Waals surface area contributed by atoms with Crippen molar-refractivity contribution in [2.45, 2.75) is 19.3 Å².